The smallest absolute Gasteiger partial charge is 0.326 e. The molecule has 2 rings (SSSR count). The second-order valence-corrected chi connectivity index (χ2v) is 17.1. The topological polar surface area (TPSA) is 408 Å². The van der Waals surface area contributed by atoms with Crippen molar-refractivity contribution in [2.24, 2.45) is 35.0 Å². The van der Waals surface area contributed by atoms with E-state index in [0.29, 0.717) is 18.4 Å². The Morgan fingerprint density at radius 1 is 0.746 bits per heavy atom. The summed E-state index contributed by atoms with van der Waals surface area (Å²) in [6, 6.07) is -6.52. The summed E-state index contributed by atoms with van der Waals surface area (Å²) in [6.07, 6.45) is -1.38. The molecule has 0 aromatic heterocycles. The second-order valence-electron chi connectivity index (χ2n) is 17.1. The minimum absolute atomic E-state index is 0.0143. The summed E-state index contributed by atoms with van der Waals surface area (Å²) < 4.78 is 0. The van der Waals surface area contributed by atoms with Crippen molar-refractivity contribution in [3.05, 3.63) is 39.9 Å². The first kappa shape index (κ1) is 56.4. The zero-order valence-electron chi connectivity index (χ0n) is 38.4. The molecule has 0 unspecified atom stereocenters. The van der Waals surface area contributed by atoms with Crippen molar-refractivity contribution >= 4 is 64.8 Å². The number of nitrogens with two attached hydrogens (primary N) is 3. The number of nitrogens with zero attached hydrogens (tertiary/aromatic N) is 2. The quantitative estimate of drug-likeness (QED) is 0.0308. The molecule has 0 saturated carbocycles. The lowest BCUT2D eigenvalue weighted by Crippen LogP contribution is -2.61. The molecule has 0 bridgehead atoms. The number of carbonyl (C=O) groups is 10. The van der Waals surface area contributed by atoms with Gasteiger partial charge in [0.2, 0.25) is 53.2 Å². The molecule has 1 aromatic carbocycles. The Labute approximate surface area is 386 Å². The van der Waals surface area contributed by atoms with Crippen LogP contribution in [-0.4, -0.2) is 141 Å². The first-order valence-corrected chi connectivity index (χ1v) is 21.8. The number of primary amides is 2. The van der Waals surface area contributed by atoms with Crippen molar-refractivity contribution in [3.8, 4) is 0 Å². The highest BCUT2D eigenvalue weighted by Crippen LogP contribution is 2.22. The summed E-state index contributed by atoms with van der Waals surface area (Å²) in [5.74, 6) is -11.2. The van der Waals surface area contributed by atoms with E-state index in [0.717, 1.165) is 17.0 Å². The number of nitro benzene ring substituents is 1. The Morgan fingerprint density at radius 2 is 1.30 bits per heavy atom. The highest BCUT2D eigenvalue weighted by molar-refractivity contribution is 5.99. The van der Waals surface area contributed by atoms with Gasteiger partial charge in [-0.05, 0) is 42.6 Å². The van der Waals surface area contributed by atoms with Crippen LogP contribution in [0.2, 0.25) is 0 Å². The fourth-order valence-electron chi connectivity index (χ4n) is 6.95. The minimum Gasteiger partial charge on any atom is -0.480 e. The maximum atomic E-state index is 14.5. The summed E-state index contributed by atoms with van der Waals surface area (Å²) in [6.45, 7) is 8.96. The van der Waals surface area contributed by atoms with E-state index >= 15 is 0 Å². The van der Waals surface area contributed by atoms with Crippen LogP contribution in [0.3, 0.4) is 0 Å². The number of aliphatic hydroxyl groups is 1. The van der Waals surface area contributed by atoms with Crippen LogP contribution in [0.25, 0.3) is 0 Å². The van der Waals surface area contributed by atoms with Gasteiger partial charge in [0.1, 0.15) is 42.3 Å². The fourth-order valence-corrected chi connectivity index (χ4v) is 6.95. The zero-order valence-corrected chi connectivity index (χ0v) is 38.4. The van der Waals surface area contributed by atoms with E-state index in [1.165, 1.54) is 12.1 Å². The van der Waals surface area contributed by atoms with E-state index in [4.69, 9.17) is 17.2 Å². The number of likely N-dealkylation sites (tertiary alicyclic amines) is 1. The Hall–Kier alpha value is -6.76. The summed E-state index contributed by atoms with van der Waals surface area (Å²) in [4.78, 5) is 143. The SMILES string of the molecule is CC[C@H](C)[C@H](NC(=O)[C@@H]1CCCN1C(=O)[C@H](Cc1ccc([N+](=O)[O-])cc1)NC(=O)[C@H](CC(N)=O)NC(=O)[C@H](CCC(N)=O)NC(=O)[C@H](CO)NC(=O)[C@@H](N)C(C)C)C(=O)N[C@H](C(=O)O)C(C)C. The molecule has 9 atom stereocenters. The molecule has 0 spiro atoms. The van der Waals surface area contributed by atoms with Crippen molar-refractivity contribution in [2.45, 2.75) is 135 Å². The van der Waals surface area contributed by atoms with Crippen LogP contribution in [0.5, 0.6) is 0 Å². The molecule has 1 aliphatic heterocycles. The van der Waals surface area contributed by atoms with E-state index in [9.17, 15) is 68.3 Å². The first-order chi connectivity index (χ1) is 31.3. The van der Waals surface area contributed by atoms with Gasteiger partial charge in [0.05, 0.1) is 24.0 Å². The molecule has 372 valence electrons. The molecule has 1 aromatic rings. The van der Waals surface area contributed by atoms with Crippen molar-refractivity contribution in [1.82, 2.24) is 36.8 Å². The number of aliphatic hydroxyl groups excluding tert-OH is 1. The van der Waals surface area contributed by atoms with Crippen LogP contribution in [0.15, 0.2) is 24.3 Å². The number of carboxylic acid groups (broad SMARTS) is 1. The molecule has 1 heterocycles. The van der Waals surface area contributed by atoms with Gasteiger partial charge in [0.25, 0.3) is 5.69 Å². The van der Waals surface area contributed by atoms with Crippen LogP contribution in [0, 0.1) is 27.9 Å². The average Bonchev–Trinajstić information content (AvgIpc) is 3.76. The van der Waals surface area contributed by atoms with Crippen molar-refractivity contribution in [3.63, 3.8) is 0 Å². The summed E-state index contributed by atoms with van der Waals surface area (Å²) in [5.41, 5.74) is 16.6. The third kappa shape index (κ3) is 17.2. The van der Waals surface area contributed by atoms with Gasteiger partial charge in [0, 0.05) is 31.5 Å². The second kappa shape index (κ2) is 26.4. The minimum atomic E-state index is -1.85. The number of rotatable bonds is 27. The van der Waals surface area contributed by atoms with Gasteiger partial charge in [-0.3, -0.25) is 53.3 Å². The lowest BCUT2D eigenvalue weighted by atomic mass is 9.96. The zero-order chi connectivity index (χ0) is 50.9. The molecule has 1 saturated heterocycles. The van der Waals surface area contributed by atoms with Crippen LogP contribution in [0.4, 0.5) is 5.69 Å². The number of benzene rings is 1. The molecule has 9 amide bonds. The van der Waals surface area contributed by atoms with Crippen LogP contribution in [0.1, 0.15) is 85.6 Å². The first-order valence-electron chi connectivity index (χ1n) is 21.8. The number of hydrogen-bond donors (Lipinski definition) is 11. The number of non-ortho nitro benzene ring substituents is 1. The number of hydrogen-bond acceptors (Lipinski definition) is 14. The van der Waals surface area contributed by atoms with Gasteiger partial charge in [-0.15, -0.1) is 0 Å². The van der Waals surface area contributed by atoms with E-state index in [1.54, 1.807) is 41.5 Å². The molecule has 25 heteroatoms. The number of nitrogens with one attached hydrogen (secondary N) is 6. The number of aliphatic carboxylic acids is 1. The molecular weight excluding hydrogens is 883 g/mol. The maximum absolute atomic E-state index is 14.5. The Kier molecular flexibility index (Phi) is 22.2. The Balaban J connectivity index is 2.50. The molecule has 14 N–H and O–H groups in total. The third-order valence-corrected chi connectivity index (χ3v) is 11.3. The summed E-state index contributed by atoms with van der Waals surface area (Å²) in [7, 11) is 0. The van der Waals surface area contributed by atoms with Gasteiger partial charge in [-0.25, -0.2) is 4.79 Å². The van der Waals surface area contributed by atoms with E-state index in [2.05, 4.69) is 31.9 Å². The highest BCUT2D eigenvalue weighted by atomic mass is 16.6. The predicted octanol–water partition coefficient (Wildman–Crippen LogP) is -3.06. The molecule has 0 radical (unpaired) electrons. The van der Waals surface area contributed by atoms with E-state index in [1.807, 2.05) is 0 Å². The molecule has 1 fully saturated rings. The predicted molar refractivity (Wildman–Crippen MR) is 237 cm³/mol. The van der Waals surface area contributed by atoms with E-state index < -0.39 is 150 Å². The highest BCUT2D eigenvalue weighted by Gasteiger charge is 2.41. The number of nitro groups is 1. The van der Waals surface area contributed by atoms with Gasteiger partial charge < -0.3 is 64.2 Å². The molecule has 67 heavy (non-hydrogen) atoms. The Morgan fingerprint density at radius 3 is 1.81 bits per heavy atom. The largest absolute Gasteiger partial charge is 0.480 e. The molecule has 25 nitrogen and oxygen atoms in total. The van der Waals surface area contributed by atoms with Gasteiger partial charge in [-0.1, -0.05) is 60.1 Å². The van der Waals surface area contributed by atoms with Crippen LogP contribution < -0.4 is 49.1 Å². The van der Waals surface area contributed by atoms with E-state index in [-0.39, 0.29) is 31.0 Å². The van der Waals surface area contributed by atoms with Gasteiger partial charge >= 0.3 is 5.97 Å². The van der Waals surface area contributed by atoms with Crippen LogP contribution in [-0.2, 0) is 54.4 Å². The standard InChI is InChI=1S/C42H65N11O14/c1-7-22(6)34(40(62)50-33(21(4)5)42(64)65)51-38(60)29-9-8-16-52(29)41(63)27(17-23-10-12-24(13-11-23)53(66)67)48-36(58)26(18-31(44)56)47-35(57)25(14-15-30(43)55)46-37(59)28(19-54)49-39(61)32(45)20(2)3/h10-13,20-22,25-29,32-34,54H,7-9,14-19,45H2,1-6H3,(H2,43,55)(H2,44,56)(H,46,59)(H,47,57)(H,48,58)(H,49,61)(H,50,62)(H,51,60)(H,64,65)/t22-,25-,26-,27-,28-,29-,32-,33-,34-/m0/s1. The lowest BCUT2D eigenvalue weighted by Gasteiger charge is -2.32. The maximum Gasteiger partial charge on any atom is 0.326 e. The Bertz CT molecular complexity index is 1980. The molecule has 0 aliphatic carbocycles. The van der Waals surface area contributed by atoms with Gasteiger partial charge in [0.15, 0.2) is 0 Å². The number of amides is 9. The van der Waals surface area contributed by atoms with Gasteiger partial charge in [-0.2, -0.15) is 0 Å². The molecule has 1 aliphatic rings. The average molecular weight is 948 g/mol. The van der Waals surface area contributed by atoms with Crippen molar-refractivity contribution in [1.29, 1.82) is 0 Å². The monoisotopic (exact) mass is 947 g/mol. The van der Waals surface area contributed by atoms with Crippen LogP contribution >= 0.6 is 0 Å². The normalized spacial score (nSPS) is 17.0. The number of carbonyl (C=O) groups excluding carboxylic acids is 9. The van der Waals surface area contributed by atoms with Crippen molar-refractivity contribution in [2.75, 3.05) is 13.2 Å². The number of carboxylic acids is 1. The lowest BCUT2D eigenvalue weighted by molar-refractivity contribution is -0.384. The fraction of sp³-hybridized carbons (Fsp3) is 0.619. The third-order valence-electron chi connectivity index (χ3n) is 11.3. The summed E-state index contributed by atoms with van der Waals surface area (Å²) >= 11 is 0. The summed E-state index contributed by atoms with van der Waals surface area (Å²) in [5, 5.41) is 45.4. The molecular formula is C42H65N11O14. The van der Waals surface area contributed by atoms with Crippen molar-refractivity contribution < 1.29 is 63.1 Å².